The van der Waals surface area contributed by atoms with Crippen molar-refractivity contribution in [3.63, 3.8) is 0 Å². The van der Waals surface area contributed by atoms with E-state index in [-0.39, 0.29) is 18.7 Å². The summed E-state index contributed by atoms with van der Waals surface area (Å²) in [4.78, 5) is 15.8. The first kappa shape index (κ1) is 19.5. The van der Waals surface area contributed by atoms with Crippen LogP contribution in [0, 0.1) is 29.1 Å². The minimum atomic E-state index is -2.28. The fourth-order valence-electron chi connectivity index (χ4n) is 2.27. The fraction of sp³-hybridized carbons (Fsp3) is 0.167. The van der Waals surface area contributed by atoms with Crippen LogP contribution in [-0.4, -0.2) is 16.1 Å². The van der Waals surface area contributed by atoms with E-state index in [0.29, 0.717) is 11.4 Å². The number of esters is 1. The number of aromatic nitrogens is 2. The highest BCUT2D eigenvalue weighted by molar-refractivity contribution is 5.69. The Morgan fingerprint density at radius 2 is 1.54 bits per heavy atom. The molecule has 0 saturated carbocycles. The molecule has 2 aromatic carbocycles. The summed E-state index contributed by atoms with van der Waals surface area (Å²) in [5.41, 5.74) is -0.528. The average molecular weight is 398 g/mol. The summed E-state index contributed by atoms with van der Waals surface area (Å²) in [5.74, 6) is -11.1. The van der Waals surface area contributed by atoms with Crippen molar-refractivity contribution in [3.8, 4) is 11.4 Å². The molecule has 0 bridgehead atoms. The number of aryl methyl sites for hydroxylation is 1. The third-order valence-electron chi connectivity index (χ3n) is 3.72. The topological polar surface area (TPSA) is 65.2 Å². The summed E-state index contributed by atoms with van der Waals surface area (Å²) in [6.07, 6.45) is -0.332. The van der Waals surface area contributed by atoms with Crippen molar-refractivity contribution < 1.29 is 36.0 Å². The molecule has 0 N–H and O–H groups in total. The van der Waals surface area contributed by atoms with Gasteiger partial charge in [-0.2, -0.15) is 4.98 Å². The van der Waals surface area contributed by atoms with Crippen LogP contribution >= 0.6 is 0 Å². The molecule has 146 valence electrons. The molecule has 0 spiro atoms. The standard InChI is InChI=1S/C18H11F5N2O3/c19-13-10(14(20)16(22)17(23)15(13)21)8-27-12(26)7-6-11-24-18(25-28-11)9-4-2-1-3-5-9/h1-5H,6-8H2. The van der Waals surface area contributed by atoms with E-state index in [1.807, 2.05) is 6.07 Å². The second-order valence-electron chi connectivity index (χ2n) is 5.59. The third-order valence-corrected chi connectivity index (χ3v) is 3.72. The molecule has 0 atom stereocenters. The molecule has 5 nitrogen and oxygen atoms in total. The van der Waals surface area contributed by atoms with Gasteiger partial charge in [0.2, 0.25) is 17.5 Å². The zero-order chi connectivity index (χ0) is 20.3. The summed E-state index contributed by atoms with van der Waals surface area (Å²) in [6.45, 7) is -1.11. The minimum Gasteiger partial charge on any atom is -0.461 e. The van der Waals surface area contributed by atoms with Crippen LogP contribution in [0.25, 0.3) is 11.4 Å². The Bertz CT molecular complexity index is 979. The lowest BCUT2D eigenvalue weighted by Gasteiger charge is -2.08. The van der Waals surface area contributed by atoms with Crippen LogP contribution in [0.3, 0.4) is 0 Å². The number of ether oxygens (including phenoxy) is 1. The summed E-state index contributed by atoms with van der Waals surface area (Å²) in [7, 11) is 0. The van der Waals surface area contributed by atoms with Crippen molar-refractivity contribution in [2.45, 2.75) is 19.4 Å². The number of hydrogen-bond acceptors (Lipinski definition) is 5. The smallest absolute Gasteiger partial charge is 0.306 e. The summed E-state index contributed by atoms with van der Waals surface area (Å²) in [5, 5.41) is 3.75. The van der Waals surface area contributed by atoms with Gasteiger partial charge in [0.15, 0.2) is 23.3 Å². The Hall–Kier alpha value is -3.30. The number of benzene rings is 2. The molecule has 0 radical (unpaired) electrons. The number of nitrogens with zero attached hydrogens (tertiary/aromatic N) is 2. The maximum Gasteiger partial charge on any atom is 0.306 e. The lowest BCUT2D eigenvalue weighted by Crippen LogP contribution is -2.12. The van der Waals surface area contributed by atoms with Crippen molar-refractivity contribution in [3.05, 3.63) is 70.9 Å². The molecular formula is C18H11F5N2O3. The summed E-state index contributed by atoms with van der Waals surface area (Å²) < 4.78 is 75.8. The molecule has 0 fully saturated rings. The molecule has 0 aliphatic rings. The Balaban J connectivity index is 1.58. The largest absolute Gasteiger partial charge is 0.461 e. The SMILES string of the molecule is O=C(CCc1nc(-c2ccccc2)no1)OCc1c(F)c(F)c(F)c(F)c1F. The van der Waals surface area contributed by atoms with Gasteiger partial charge in [-0.3, -0.25) is 4.79 Å². The maximum atomic E-state index is 13.5. The van der Waals surface area contributed by atoms with Gasteiger partial charge < -0.3 is 9.26 Å². The molecule has 1 heterocycles. The zero-order valence-electron chi connectivity index (χ0n) is 14.0. The summed E-state index contributed by atoms with van der Waals surface area (Å²) >= 11 is 0. The molecule has 0 aliphatic carbocycles. The lowest BCUT2D eigenvalue weighted by molar-refractivity contribution is -0.145. The van der Waals surface area contributed by atoms with Crippen LogP contribution in [0.15, 0.2) is 34.9 Å². The van der Waals surface area contributed by atoms with Crippen LogP contribution in [0.2, 0.25) is 0 Å². The monoisotopic (exact) mass is 398 g/mol. The fourth-order valence-corrected chi connectivity index (χ4v) is 2.27. The number of carbonyl (C=O) groups excluding carboxylic acids is 1. The van der Waals surface area contributed by atoms with E-state index < -0.39 is 47.2 Å². The highest BCUT2D eigenvalue weighted by Crippen LogP contribution is 2.23. The second kappa shape index (κ2) is 8.15. The first-order valence-corrected chi connectivity index (χ1v) is 7.92. The zero-order valence-corrected chi connectivity index (χ0v) is 14.0. The van der Waals surface area contributed by atoms with E-state index in [1.54, 1.807) is 24.3 Å². The molecule has 3 rings (SSSR count). The molecule has 3 aromatic rings. The number of halogens is 5. The van der Waals surface area contributed by atoms with Crippen molar-refractivity contribution >= 4 is 5.97 Å². The first-order chi connectivity index (χ1) is 13.4. The molecule has 0 saturated heterocycles. The summed E-state index contributed by atoms with van der Waals surface area (Å²) in [6, 6.07) is 8.88. The van der Waals surface area contributed by atoms with Gasteiger partial charge in [-0.1, -0.05) is 35.5 Å². The van der Waals surface area contributed by atoms with Crippen molar-refractivity contribution in [1.29, 1.82) is 0 Å². The minimum absolute atomic E-state index is 0.0320. The molecule has 0 aliphatic heterocycles. The van der Waals surface area contributed by atoms with Crippen molar-refractivity contribution in [2.75, 3.05) is 0 Å². The Morgan fingerprint density at radius 1 is 0.929 bits per heavy atom. The van der Waals surface area contributed by atoms with E-state index in [0.717, 1.165) is 0 Å². The number of rotatable bonds is 6. The highest BCUT2D eigenvalue weighted by atomic mass is 19.2. The Morgan fingerprint density at radius 3 is 2.18 bits per heavy atom. The van der Waals surface area contributed by atoms with Gasteiger partial charge in [0, 0.05) is 12.0 Å². The maximum absolute atomic E-state index is 13.5. The number of carbonyl (C=O) groups is 1. The predicted molar refractivity (Wildman–Crippen MR) is 84.1 cm³/mol. The van der Waals surface area contributed by atoms with Crippen LogP contribution in [-0.2, 0) is 22.6 Å². The third kappa shape index (κ3) is 4.00. The van der Waals surface area contributed by atoms with Crippen molar-refractivity contribution in [2.24, 2.45) is 0 Å². The van der Waals surface area contributed by atoms with Gasteiger partial charge in [0.1, 0.15) is 6.61 Å². The van der Waals surface area contributed by atoms with Gasteiger partial charge in [0.25, 0.3) is 0 Å². The van der Waals surface area contributed by atoms with Gasteiger partial charge in [-0.15, -0.1) is 0 Å². The average Bonchev–Trinajstić information content (AvgIpc) is 3.19. The van der Waals surface area contributed by atoms with E-state index >= 15 is 0 Å². The molecule has 10 heteroatoms. The van der Waals surface area contributed by atoms with E-state index in [1.165, 1.54) is 0 Å². The molecule has 0 amide bonds. The van der Waals surface area contributed by atoms with Crippen LogP contribution in [0.5, 0.6) is 0 Å². The van der Waals surface area contributed by atoms with Crippen LogP contribution in [0.1, 0.15) is 17.9 Å². The lowest BCUT2D eigenvalue weighted by atomic mass is 10.2. The predicted octanol–water partition coefficient (Wildman–Crippen LogP) is 4.11. The molecule has 28 heavy (non-hydrogen) atoms. The van der Waals surface area contributed by atoms with Crippen LogP contribution < -0.4 is 0 Å². The Kier molecular flexibility index (Phi) is 5.67. The van der Waals surface area contributed by atoms with Crippen LogP contribution in [0.4, 0.5) is 22.0 Å². The number of hydrogen-bond donors (Lipinski definition) is 0. The highest BCUT2D eigenvalue weighted by Gasteiger charge is 2.26. The molecule has 1 aromatic heterocycles. The Labute approximate surface area is 154 Å². The molecular weight excluding hydrogens is 387 g/mol. The van der Waals surface area contributed by atoms with Crippen molar-refractivity contribution in [1.82, 2.24) is 10.1 Å². The van der Waals surface area contributed by atoms with E-state index in [4.69, 9.17) is 4.52 Å². The van der Waals surface area contributed by atoms with Gasteiger partial charge in [0.05, 0.1) is 12.0 Å². The van der Waals surface area contributed by atoms with E-state index in [2.05, 4.69) is 14.9 Å². The molecule has 0 unspecified atom stereocenters. The first-order valence-electron chi connectivity index (χ1n) is 7.92. The van der Waals surface area contributed by atoms with E-state index in [9.17, 15) is 26.7 Å². The van der Waals surface area contributed by atoms with Gasteiger partial charge in [-0.05, 0) is 0 Å². The quantitative estimate of drug-likeness (QED) is 0.271. The second-order valence-corrected chi connectivity index (χ2v) is 5.59. The van der Waals surface area contributed by atoms with Gasteiger partial charge in [-0.25, -0.2) is 22.0 Å². The van der Waals surface area contributed by atoms with Gasteiger partial charge >= 0.3 is 5.97 Å². The normalized spacial score (nSPS) is 10.9.